The van der Waals surface area contributed by atoms with Gasteiger partial charge in [-0.25, -0.2) is 4.98 Å². The Kier molecular flexibility index (Phi) is 3.78. The van der Waals surface area contributed by atoms with Crippen LogP contribution in [0.1, 0.15) is 36.7 Å². The van der Waals surface area contributed by atoms with Crippen LogP contribution in [-0.4, -0.2) is 47.2 Å². The molecule has 110 valence electrons. The van der Waals surface area contributed by atoms with Gasteiger partial charge in [0.2, 0.25) is 5.91 Å². The van der Waals surface area contributed by atoms with Gasteiger partial charge < -0.3 is 14.2 Å². The van der Waals surface area contributed by atoms with Crippen LogP contribution in [0.2, 0.25) is 0 Å². The molecule has 0 aromatic carbocycles. The van der Waals surface area contributed by atoms with Gasteiger partial charge in [0, 0.05) is 50.5 Å². The second-order valence-electron chi connectivity index (χ2n) is 5.95. The zero-order valence-electron chi connectivity index (χ0n) is 12.3. The Morgan fingerprint density at radius 2 is 2.25 bits per heavy atom. The van der Waals surface area contributed by atoms with Crippen LogP contribution in [0.15, 0.2) is 6.20 Å². The highest BCUT2D eigenvalue weighted by Crippen LogP contribution is 2.34. The number of ether oxygens (including phenoxy) is 1. The van der Waals surface area contributed by atoms with Crippen LogP contribution >= 0.6 is 0 Å². The average molecular weight is 277 g/mol. The SMILES string of the molecule is COCCn1c(C)cnc1C1CCN(C(=O)C2CC2)C1. The quantitative estimate of drug-likeness (QED) is 0.820. The first-order valence-corrected chi connectivity index (χ1v) is 7.50. The third kappa shape index (κ3) is 2.59. The van der Waals surface area contributed by atoms with E-state index in [0.717, 1.165) is 44.7 Å². The lowest BCUT2D eigenvalue weighted by molar-refractivity contribution is -0.131. The summed E-state index contributed by atoms with van der Waals surface area (Å²) >= 11 is 0. The summed E-state index contributed by atoms with van der Waals surface area (Å²) in [4.78, 5) is 18.7. The molecular weight excluding hydrogens is 254 g/mol. The minimum atomic E-state index is 0.323. The zero-order chi connectivity index (χ0) is 14.1. The molecule has 0 bridgehead atoms. The highest BCUT2D eigenvalue weighted by atomic mass is 16.5. The van der Waals surface area contributed by atoms with E-state index < -0.39 is 0 Å². The van der Waals surface area contributed by atoms with Gasteiger partial charge in [-0.1, -0.05) is 0 Å². The van der Waals surface area contributed by atoms with Crippen molar-refractivity contribution in [3.63, 3.8) is 0 Å². The lowest BCUT2D eigenvalue weighted by atomic mass is 10.1. The molecule has 0 N–H and O–H groups in total. The van der Waals surface area contributed by atoms with Crippen molar-refractivity contribution >= 4 is 5.91 Å². The second kappa shape index (κ2) is 5.56. The van der Waals surface area contributed by atoms with Gasteiger partial charge in [-0.05, 0) is 26.2 Å². The normalized spacial score (nSPS) is 22.5. The molecule has 1 aliphatic carbocycles. The van der Waals surface area contributed by atoms with Crippen molar-refractivity contribution in [1.29, 1.82) is 0 Å². The molecule has 1 atom stereocenters. The number of carbonyl (C=O) groups excluding carboxylic acids is 1. The largest absolute Gasteiger partial charge is 0.383 e. The molecule has 2 fully saturated rings. The van der Waals surface area contributed by atoms with Crippen molar-refractivity contribution in [2.75, 3.05) is 26.8 Å². The van der Waals surface area contributed by atoms with Gasteiger partial charge in [-0.3, -0.25) is 4.79 Å². The number of aromatic nitrogens is 2. The Labute approximate surface area is 119 Å². The van der Waals surface area contributed by atoms with Gasteiger partial charge in [0.1, 0.15) is 5.82 Å². The Morgan fingerprint density at radius 1 is 1.45 bits per heavy atom. The number of carbonyl (C=O) groups is 1. The van der Waals surface area contributed by atoms with E-state index in [4.69, 9.17) is 4.74 Å². The zero-order valence-corrected chi connectivity index (χ0v) is 12.3. The van der Waals surface area contributed by atoms with E-state index in [9.17, 15) is 4.79 Å². The molecular formula is C15H23N3O2. The number of rotatable bonds is 5. The summed E-state index contributed by atoms with van der Waals surface area (Å²) in [6.07, 6.45) is 5.13. The second-order valence-corrected chi connectivity index (χ2v) is 5.95. The number of imidazole rings is 1. The summed E-state index contributed by atoms with van der Waals surface area (Å²) in [6, 6.07) is 0. The summed E-state index contributed by atoms with van der Waals surface area (Å²) < 4.78 is 7.41. The van der Waals surface area contributed by atoms with Crippen molar-refractivity contribution < 1.29 is 9.53 Å². The first kappa shape index (κ1) is 13.6. The minimum Gasteiger partial charge on any atom is -0.383 e. The highest BCUT2D eigenvalue weighted by Gasteiger charge is 2.37. The van der Waals surface area contributed by atoms with Gasteiger partial charge in [0.25, 0.3) is 0 Å². The van der Waals surface area contributed by atoms with Crippen molar-refractivity contribution in [2.24, 2.45) is 5.92 Å². The maximum Gasteiger partial charge on any atom is 0.225 e. The predicted molar refractivity (Wildman–Crippen MR) is 75.5 cm³/mol. The van der Waals surface area contributed by atoms with Gasteiger partial charge in [0.15, 0.2) is 0 Å². The Morgan fingerprint density at radius 3 is 2.95 bits per heavy atom. The van der Waals surface area contributed by atoms with Crippen molar-refractivity contribution in [1.82, 2.24) is 14.5 Å². The first-order valence-electron chi connectivity index (χ1n) is 7.50. The molecule has 5 heteroatoms. The molecule has 2 aliphatic rings. The standard InChI is InChI=1S/C15H23N3O2/c1-11-9-16-14(18(11)7-8-20-2)13-5-6-17(10-13)15(19)12-3-4-12/h9,12-13H,3-8,10H2,1-2H3. The third-order valence-corrected chi connectivity index (χ3v) is 4.40. The van der Waals surface area contributed by atoms with Gasteiger partial charge in [0.05, 0.1) is 6.61 Å². The molecule has 3 rings (SSSR count). The molecule has 1 unspecified atom stereocenters. The number of hydrogen-bond acceptors (Lipinski definition) is 3. The number of hydrogen-bond donors (Lipinski definition) is 0. The maximum atomic E-state index is 12.1. The third-order valence-electron chi connectivity index (χ3n) is 4.40. The van der Waals surface area contributed by atoms with Crippen LogP contribution < -0.4 is 0 Å². The summed E-state index contributed by atoms with van der Waals surface area (Å²) in [5, 5.41) is 0. The smallest absolute Gasteiger partial charge is 0.225 e. The molecule has 1 aromatic rings. The number of likely N-dealkylation sites (tertiary alicyclic amines) is 1. The van der Waals surface area contributed by atoms with Crippen LogP contribution in [0, 0.1) is 12.8 Å². The molecule has 5 nitrogen and oxygen atoms in total. The molecule has 20 heavy (non-hydrogen) atoms. The topological polar surface area (TPSA) is 47.4 Å². The molecule has 0 radical (unpaired) electrons. The van der Waals surface area contributed by atoms with Gasteiger partial charge >= 0.3 is 0 Å². The van der Waals surface area contributed by atoms with Gasteiger partial charge in [-0.2, -0.15) is 0 Å². The lowest BCUT2D eigenvalue weighted by Crippen LogP contribution is -2.30. The fraction of sp³-hybridized carbons (Fsp3) is 0.733. The highest BCUT2D eigenvalue weighted by molar-refractivity contribution is 5.81. The summed E-state index contributed by atoms with van der Waals surface area (Å²) in [5.41, 5.74) is 1.17. The fourth-order valence-corrected chi connectivity index (χ4v) is 3.04. The van der Waals surface area contributed by atoms with Crippen LogP contribution in [0.4, 0.5) is 0 Å². The van der Waals surface area contributed by atoms with Crippen molar-refractivity contribution in [3.05, 3.63) is 17.7 Å². The fourth-order valence-electron chi connectivity index (χ4n) is 3.04. The Hall–Kier alpha value is -1.36. The van der Waals surface area contributed by atoms with E-state index in [0.29, 0.717) is 24.3 Å². The van der Waals surface area contributed by atoms with Gasteiger partial charge in [-0.15, -0.1) is 0 Å². The predicted octanol–water partition coefficient (Wildman–Crippen LogP) is 1.56. The molecule has 1 saturated carbocycles. The Balaban J connectivity index is 1.69. The number of nitrogens with zero attached hydrogens (tertiary/aromatic N) is 3. The number of aryl methyl sites for hydroxylation is 1. The van der Waals surface area contributed by atoms with Crippen LogP contribution in [-0.2, 0) is 16.1 Å². The number of amides is 1. The van der Waals surface area contributed by atoms with Crippen LogP contribution in [0.3, 0.4) is 0 Å². The van der Waals surface area contributed by atoms with Crippen LogP contribution in [0.5, 0.6) is 0 Å². The van der Waals surface area contributed by atoms with E-state index in [1.54, 1.807) is 7.11 Å². The van der Waals surface area contributed by atoms with E-state index in [2.05, 4.69) is 16.5 Å². The maximum absolute atomic E-state index is 12.1. The summed E-state index contributed by atoms with van der Waals surface area (Å²) in [7, 11) is 1.72. The molecule has 2 heterocycles. The monoisotopic (exact) mass is 277 g/mol. The molecule has 1 aliphatic heterocycles. The number of methoxy groups -OCH3 is 1. The molecule has 1 saturated heterocycles. The first-order chi connectivity index (χ1) is 9.70. The van der Waals surface area contributed by atoms with Crippen molar-refractivity contribution in [3.8, 4) is 0 Å². The molecule has 0 spiro atoms. The van der Waals surface area contributed by atoms with E-state index in [1.807, 2.05) is 11.1 Å². The van der Waals surface area contributed by atoms with E-state index >= 15 is 0 Å². The molecule has 1 aromatic heterocycles. The lowest BCUT2D eigenvalue weighted by Gasteiger charge is -2.17. The van der Waals surface area contributed by atoms with E-state index in [-0.39, 0.29) is 0 Å². The summed E-state index contributed by atoms with van der Waals surface area (Å²) in [5.74, 6) is 2.18. The Bertz CT molecular complexity index is 493. The minimum absolute atomic E-state index is 0.323. The van der Waals surface area contributed by atoms with E-state index in [1.165, 1.54) is 5.69 Å². The van der Waals surface area contributed by atoms with Crippen molar-refractivity contribution in [2.45, 2.75) is 38.6 Å². The molecule has 1 amide bonds. The average Bonchev–Trinajstić information content (AvgIpc) is 3.07. The summed E-state index contributed by atoms with van der Waals surface area (Å²) in [6.45, 7) is 5.33. The van der Waals surface area contributed by atoms with Crippen LogP contribution in [0.25, 0.3) is 0 Å².